The van der Waals surface area contributed by atoms with Gasteiger partial charge in [-0.05, 0) is 30.9 Å². The predicted molar refractivity (Wildman–Crippen MR) is 73.3 cm³/mol. The molecule has 1 amide bonds. The number of amides is 1. The van der Waals surface area contributed by atoms with Gasteiger partial charge >= 0.3 is 0 Å². The Kier molecular flexibility index (Phi) is 4.75. The first kappa shape index (κ1) is 13.5. The molecule has 2 rings (SSSR count). The van der Waals surface area contributed by atoms with Gasteiger partial charge in [-0.15, -0.1) is 0 Å². The number of carbonyl (C=O) groups excluding carboxylic acids is 1. The molecule has 18 heavy (non-hydrogen) atoms. The molecule has 2 nitrogen and oxygen atoms in total. The molecule has 1 aromatic rings. The van der Waals surface area contributed by atoms with Crippen LogP contribution < -0.4 is 0 Å². The van der Waals surface area contributed by atoms with Crippen LogP contribution in [0.2, 0.25) is 0 Å². The van der Waals surface area contributed by atoms with Crippen molar-refractivity contribution in [2.75, 3.05) is 11.9 Å². The Morgan fingerprint density at radius 3 is 2.89 bits per heavy atom. The quantitative estimate of drug-likeness (QED) is 0.785. The Morgan fingerprint density at radius 2 is 2.17 bits per heavy atom. The second kappa shape index (κ2) is 6.32. The summed E-state index contributed by atoms with van der Waals surface area (Å²) in [5.74, 6) is -0.262. The van der Waals surface area contributed by atoms with Gasteiger partial charge in [0, 0.05) is 17.9 Å². The molecule has 1 aliphatic heterocycles. The molecule has 0 aromatic heterocycles. The summed E-state index contributed by atoms with van der Waals surface area (Å²) in [4.78, 5) is 14.1. The zero-order valence-electron chi connectivity index (χ0n) is 10.2. The van der Waals surface area contributed by atoms with E-state index in [-0.39, 0.29) is 24.2 Å². The van der Waals surface area contributed by atoms with Gasteiger partial charge in [0.1, 0.15) is 5.82 Å². The van der Waals surface area contributed by atoms with Crippen molar-refractivity contribution in [2.24, 2.45) is 0 Å². The van der Waals surface area contributed by atoms with Crippen LogP contribution >= 0.6 is 15.9 Å². The lowest BCUT2D eigenvalue weighted by Crippen LogP contribution is -2.45. The fourth-order valence-corrected chi connectivity index (χ4v) is 3.07. The molecule has 98 valence electrons. The number of hydrogen-bond acceptors (Lipinski definition) is 1. The molecule has 1 unspecified atom stereocenters. The van der Waals surface area contributed by atoms with E-state index in [0.29, 0.717) is 5.56 Å². The fraction of sp³-hybridized carbons (Fsp3) is 0.500. The third kappa shape index (κ3) is 3.10. The largest absolute Gasteiger partial charge is 0.339 e. The molecular weight excluding hydrogens is 297 g/mol. The predicted octanol–water partition coefficient (Wildman–Crippen LogP) is 3.14. The van der Waals surface area contributed by atoms with Crippen LogP contribution in [0.25, 0.3) is 0 Å². The third-order valence-electron chi connectivity index (χ3n) is 3.43. The van der Waals surface area contributed by atoms with Crippen LogP contribution in [0.4, 0.5) is 4.39 Å². The minimum absolute atomic E-state index is 0.0317. The highest BCUT2D eigenvalue weighted by molar-refractivity contribution is 9.09. The lowest BCUT2D eigenvalue weighted by Gasteiger charge is -2.34. The van der Waals surface area contributed by atoms with E-state index in [0.717, 1.165) is 24.7 Å². The van der Waals surface area contributed by atoms with E-state index in [4.69, 9.17) is 0 Å². The molecular formula is C14H17BrFNO. The first-order valence-corrected chi connectivity index (χ1v) is 7.43. The van der Waals surface area contributed by atoms with Gasteiger partial charge in [0.2, 0.25) is 5.91 Å². The Bertz CT molecular complexity index is 424. The zero-order chi connectivity index (χ0) is 13.0. The highest BCUT2D eigenvalue weighted by Crippen LogP contribution is 2.20. The van der Waals surface area contributed by atoms with Crippen LogP contribution in [0.5, 0.6) is 0 Å². The van der Waals surface area contributed by atoms with Crippen LogP contribution in [0.15, 0.2) is 24.3 Å². The zero-order valence-corrected chi connectivity index (χ0v) is 11.8. The van der Waals surface area contributed by atoms with E-state index < -0.39 is 0 Å². The van der Waals surface area contributed by atoms with Gasteiger partial charge in [-0.25, -0.2) is 4.39 Å². The summed E-state index contributed by atoms with van der Waals surface area (Å²) in [6.07, 6.45) is 3.41. The molecule has 1 saturated heterocycles. The Morgan fingerprint density at radius 1 is 1.39 bits per heavy atom. The molecule has 1 heterocycles. The minimum atomic E-state index is -0.293. The molecule has 4 heteroatoms. The van der Waals surface area contributed by atoms with Gasteiger partial charge in [0.05, 0.1) is 6.42 Å². The average Bonchev–Trinajstić information content (AvgIpc) is 2.41. The standard InChI is InChI=1S/C14H17BrFNO/c15-10-12-6-3-4-8-17(12)14(18)9-11-5-1-2-7-13(11)16/h1-2,5,7,12H,3-4,6,8-10H2. The maximum atomic E-state index is 13.5. The Hall–Kier alpha value is -0.900. The topological polar surface area (TPSA) is 20.3 Å². The van der Waals surface area contributed by atoms with E-state index in [1.54, 1.807) is 18.2 Å². The van der Waals surface area contributed by atoms with E-state index in [1.165, 1.54) is 12.5 Å². The van der Waals surface area contributed by atoms with E-state index in [2.05, 4.69) is 15.9 Å². The van der Waals surface area contributed by atoms with Crippen molar-refractivity contribution in [1.82, 2.24) is 4.90 Å². The summed E-state index contributed by atoms with van der Waals surface area (Å²) in [5, 5.41) is 0.802. The molecule has 0 N–H and O–H groups in total. The molecule has 0 radical (unpaired) electrons. The van der Waals surface area contributed by atoms with Gasteiger partial charge in [0.25, 0.3) is 0 Å². The van der Waals surface area contributed by atoms with Crippen molar-refractivity contribution in [3.05, 3.63) is 35.6 Å². The van der Waals surface area contributed by atoms with Gasteiger partial charge in [-0.3, -0.25) is 4.79 Å². The van der Waals surface area contributed by atoms with Crippen molar-refractivity contribution < 1.29 is 9.18 Å². The fourth-order valence-electron chi connectivity index (χ4n) is 2.40. The molecule has 0 spiro atoms. The van der Waals surface area contributed by atoms with Gasteiger partial charge in [-0.2, -0.15) is 0 Å². The Balaban J connectivity index is 2.05. The van der Waals surface area contributed by atoms with Crippen LogP contribution in [-0.2, 0) is 11.2 Å². The van der Waals surface area contributed by atoms with Crippen molar-refractivity contribution in [2.45, 2.75) is 31.7 Å². The van der Waals surface area contributed by atoms with Crippen molar-refractivity contribution in [3.63, 3.8) is 0 Å². The first-order valence-electron chi connectivity index (χ1n) is 6.31. The van der Waals surface area contributed by atoms with Gasteiger partial charge in [0.15, 0.2) is 0 Å². The Labute approximate surface area is 115 Å². The molecule has 0 bridgehead atoms. The second-order valence-corrected chi connectivity index (χ2v) is 5.31. The normalized spacial score (nSPS) is 19.9. The lowest BCUT2D eigenvalue weighted by atomic mass is 10.0. The summed E-state index contributed by atoms with van der Waals surface area (Å²) >= 11 is 3.45. The number of nitrogens with zero attached hydrogens (tertiary/aromatic N) is 1. The summed E-state index contributed by atoms with van der Waals surface area (Å²) in [5.41, 5.74) is 0.487. The maximum Gasteiger partial charge on any atom is 0.227 e. The van der Waals surface area contributed by atoms with E-state index in [1.807, 2.05) is 4.90 Å². The average molecular weight is 314 g/mol. The summed E-state index contributed by atoms with van der Waals surface area (Å²) in [7, 11) is 0. The lowest BCUT2D eigenvalue weighted by molar-refractivity contribution is -0.133. The van der Waals surface area contributed by atoms with Crippen LogP contribution in [-0.4, -0.2) is 28.7 Å². The smallest absolute Gasteiger partial charge is 0.227 e. The highest BCUT2D eigenvalue weighted by atomic mass is 79.9. The summed E-state index contributed by atoms with van der Waals surface area (Å²) < 4.78 is 13.5. The number of alkyl halides is 1. The first-order chi connectivity index (χ1) is 8.72. The number of carbonyl (C=O) groups is 1. The summed E-state index contributed by atoms with van der Waals surface area (Å²) in [6.45, 7) is 0.795. The molecule has 0 aliphatic carbocycles. The highest BCUT2D eigenvalue weighted by Gasteiger charge is 2.26. The number of piperidine rings is 1. The number of likely N-dealkylation sites (tertiary alicyclic amines) is 1. The van der Waals surface area contributed by atoms with Gasteiger partial charge < -0.3 is 4.90 Å². The van der Waals surface area contributed by atoms with Crippen molar-refractivity contribution in [1.29, 1.82) is 0 Å². The number of halogens is 2. The van der Waals surface area contributed by atoms with Crippen molar-refractivity contribution >= 4 is 21.8 Å². The van der Waals surface area contributed by atoms with Gasteiger partial charge in [-0.1, -0.05) is 34.1 Å². The van der Waals surface area contributed by atoms with Crippen LogP contribution in [0.1, 0.15) is 24.8 Å². The van der Waals surface area contributed by atoms with Crippen LogP contribution in [0, 0.1) is 5.82 Å². The summed E-state index contributed by atoms with van der Waals surface area (Å²) in [6, 6.07) is 6.76. The molecule has 1 atom stereocenters. The molecule has 1 aliphatic rings. The van der Waals surface area contributed by atoms with E-state index in [9.17, 15) is 9.18 Å². The maximum absolute atomic E-state index is 13.5. The minimum Gasteiger partial charge on any atom is -0.339 e. The number of rotatable bonds is 3. The van der Waals surface area contributed by atoms with E-state index >= 15 is 0 Å². The molecule has 1 fully saturated rings. The molecule has 1 aromatic carbocycles. The third-order valence-corrected chi connectivity index (χ3v) is 4.17. The van der Waals surface area contributed by atoms with Crippen LogP contribution in [0.3, 0.4) is 0 Å². The number of benzene rings is 1. The monoisotopic (exact) mass is 313 g/mol. The van der Waals surface area contributed by atoms with Crippen molar-refractivity contribution in [3.8, 4) is 0 Å². The number of hydrogen-bond donors (Lipinski definition) is 0. The molecule has 0 saturated carbocycles. The SMILES string of the molecule is O=C(Cc1ccccc1F)N1CCCCC1CBr. The second-order valence-electron chi connectivity index (χ2n) is 4.66.